The van der Waals surface area contributed by atoms with Gasteiger partial charge in [-0.15, -0.1) is 0 Å². The zero-order valence-corrected chi connectivity index (χ0v) is 18.0. The van der Waals surface area contributed by atoms with Gasteiger partial charge in [0, 0.05) is 31.1 Å². The predicted octanol–water partition coefficient (Wildman–Crippen LogP) is 5.61. The number of imidazole rings is 1. The lowest BCUT2D eigenvalue weighted by Crippen LogP contribution is -1.99. The Labute approximate surface area is 181 Å². The summed E-state index contributed by atoms with van der Waals surface area (Å²) in [5.41, 5.74) is 4.80. The van der Waals surface area contributed by atoms with Crippen LogP contribution in [0.2, 0.25) is 0 Å². The molecule has 2 aromatic heterocycles. The number of ether oxygens (including phenoxy) is 1. The van der Waals surface area contributed by atoms with Gasteiger partial charge in [-0.05, 0) is 41.8 Å². The maximum absolute atomic E-state index is 6.00. The van der Waals surface area contributed by atoms with E-state index >= 15 is 0 Å². The fraction of sp³-hybridized carbons (Fsp3) is 0.208. The Morgan fingerprint density at radius 2 is 1.90 bits per heavy atom. The van der Waals surface area contributed by atoms with Crippen LogP contribution in [0.15, 0.2) is 65.9 Å². The molecule has 0 aliphatic carbocycles. The molecule has 4 rings (SSSR count). The Kier molecular flexibility index (Phi) is 5.84. The minimum absolute atomic E-state index is 0.469. The Morgan fingerprint density at radius 3 is 2.71 bits per heavy atom. The molecule has 7 heteroatoms. The lowest BCUT2D eigenvalue weighted by Gasteiger charge is -2.10. The number of nitrogens with one attached hydrogen (secondary N) is 1. The maximum atomic E-state index is 6.00. The van der Waals surface area contributed by atoms with E-state index in [1.807, 2.05) is 35.9 Å². The molecule has 158 valence electrons. The molecule has 0 bridgehead atoms. The van der Waals surface area contributed by atoms with E-state index in [1.165, 1.54) is 18.9 Å². The molecule has 0 amide bonds. The topological polar surface area (TPSA) is 73.6 Å². The van der Waals surface area contributed by atoms with Crippen molar-refractivity contribution >= 4 is 28.9 Å². The number of hydrogen-bond acceptors (Lipinski definition) is 6. The highest BCUT2D eigenvalue weighted by Gasteiger charge is 2.10. The van der Waals surface area contributed by atoms with Crippen molar-refractivity contribution in [2.45, 2.75) is 19.8 Å². The maximum Gasteiger partial charge on any atom is 0.208 e. The van der Waals surface area contributed by atoms with E-state index in [0.29, 0.717) is 23.1 Å². The summed E-state index contributed by atoms with van der Waals surface area (Å²) in [6, 6.07) is 17.8. The summed E-state index contributed by atoms with van der Waals surface area (Å²) in [5.74, 6) is 2.60. The average Bonchev–Trinajstić information content (AvgIpc) is 3.07. The molecule has 2 aromatic carbocycles. The summed E-state index contributed by atoms with van der Waals surface area (Å²) in [4.78, 5) is 13.7. The number of benzene rings is 2. The van der Waals surface area contributed by atoms with Gasteiger partial charge in [0.25, 0.3) is 0 Å². The van der Waals surface area contributed by atoms with Gasteiger partial charge in [0.1, 0.15) is 18.6 Å². The van der Waals surface area contributed by atoms with Crippen LogP contribution in [0.5, 0.6) is 11.5 Å². The van der Waals surface area contributed by atoms with E-state index in [-0.39, 0.29) is 0 Å². The van der Waals surface area contributed by atoms with Gasteiger partial charge in [-0.25, -0.2) is 4.98 Å². The minimum Gasteiger partial charge on any atom is -0.457 e. The zero-order chi connectivity index (χ0) is 21.8. The van der Waals surface area contributed by atoms with Gasteiger partial charge >= 0.3 is 0 Å². The van der Waals surface area contributed by atoms with Crippen LogP contribution in [-0.4, -0.2) is 27.9 Å². The molecular formula is C24H25N5O2. The van der Waals surface area contributed by atoms with Crippen molar-refractivity contribution in [3.05, 3.63) is 72.1 Å². The number of hydrogen-bond donors (Lipinski definition) is 1. The van der Waals surface area contributed by atoms with Crippen molar-refractivity contribution in [2.75, 3.05) is 12.4 Å². The quantitative estimate of drug-likeness (QED) is 0.314. The third-order valence-corrected chi connectivity index (χ3v) is 4.94. The van der Waals surface area contributed by atoms with Crippen LogP contribution in [0.25, 0.3) is 11.0 Å². The lowest BCUT2D eigenvalue weighted by atomic mass is 10.0. The van der Waals surface area contributed by atoms with Gasteiger partial charge in [-0.2, -0.15) is 0 Å². The third kappa shape index (κ3) is 4.66. The Bertz CT molecular complexity index is 1230. The highest BCUT2D eigenvalue weighted by atomic mass is 16.6. The third-order valence-electron chi connectivity index (χ3n) is 4.94. The zero-order valence-electron chi connectivity index (χ0n) is 18.0. The summed E-state index contributed by atoms with van der Waals surface area (Å²) in [6.45, 7) is 4.37. The largest absolute Gasteiger partial charge is 0.457 e. The number of aryl methyl sites for hydroxylation is 1. The van der Waals surface area contributed by atoms with E-state index in [9.17, 15) is 0 Å². The molecule has 0 fully saturated rings. The van der Waals surface area contributed by atoms with E-state index < -0.39 is 0 Å². The lowest BCUT2D eigenvalue weighted by molar-refractivity contribution is 0.215. The van der Waals surface area contributed by atoms with E-state index in [0.717, 1.165) is 22.7 Å². The first kappa shape index (κ1) is 20.4. The fourth-order valence-corrected chi connectivity index (χ4v) is 3.26. The van der Waals surface area contributed by atoms with E-state index in [4.69, 9.17) is 14.6 Å². The molecule has 4 aromatic rings. The van der Waals surface area contributed by atoms with Gasteiger partial charge < -0.3 is 19.5 Å². The Morgan fingerprint density at radius 1 is 1.06 bits per heavy atom. The number of aromatic nitrogens is 3. The van der Waals surface area contributed by atoms with Crippen molar-refractivity contribution < 1.29 is 9.57 Å². The number of anilines is 2. The van der Waals surface area contributed by atoms with Crippen LogP contribution >= 0.6 is 0 Å². The number of rotatable bonds is 7. The molecule has 0 saturated carbocycles. The van der Waals surface area contributed by atoms with Crippen LogP contribution in [-0.2, 0) is 11.9 Å². The number of fused-ring (bicyclic) bond motifs is 1. The molecule has 31 heavy (non-hydrogen) atoms. The minimum atomic E-state index is 0.469. The second-order valence-corrected chi connectivity index (χ2v) is 7.49. The average molecular weight is 415 g/mol. The summed E-state index contributed by atoms with van der Waals surface area (Å²) in [5, 5.41) is 7.16. The smallest absolute Gasteiger partial charge is 0.208 e. The highest BCUT2D eigenvalue weighted by Crippen LogP contribution is 2.28. The number of pyridine rings is 1. The first-order chi connectivity index (χ1) is 15.0. The molecule has 0 aliphatic rings. The molecule has 2 heterocycles. The van der Waals surface area contributed by atoms with Crippen LogP contribution in [0.4, 0.5) is 11.6 Å². The molecule has 0 spiro atoms. The molecule has 7 nitrogen and oxygen atoms in total. The van der Waals surface area contributed by atoms with Crippen LogP contribution in [0.1, 0.15) is 31.0 Å². The summed E-state index contributed by atoms with van der Waals surface area (Å²) < 4.78 is 8.04. The summed E-state index contributed by atoms with van der Waals surface area (Å²) in [6.07, 6.45) is 3.19. The SMILES string of the molecule is CON=Cc1cc(Oc2ccc3c(c2)nc(Nc2cccc(C(C)C)c2)n3C)ccn1. The molecule has 1 N–H and O–H groups in total. The van der Waals surface area contributed by atoms with E-state index in [1.54, 1.807) is 18.3 Å². The number of nitrogens with zero attached hydrogens (tertiary/aromatic N) is 4. The summed E-state index contributed by atoms with van der Waals surface area (Å²) in [7, 11) is 3.48. The van der Waals surface area contributed by atoms with E-state index in [2.05, 4.69) is 47.5 Å². The summed E-state index contributed by atoms with van der Waals surface area (Å²) >= 11 is 0. The van der Waals surface area contributed by atoms with Gasteiger partial charge in [0.05, 0.1) is 22.9 Å². The highest BCUT2D eigenvalue weighted by molar-refractivity contribution is 5.81. The Balaban J connectivity index is 1.58. The normalized spacial score (nSPS) is 11.4. The molecule has 0 aliphatic heterocycles. The van der Waals surface area contributed by atoms with Gasteiger partial charge in [0.2, 0.25) is 5.95 Å². The number of oxime groups is 1. The van der Waals surface area contributed by atoms with Crippen molar-refractivity contribution in [2.24, 2.45) is 12.2 Å². The molecular weight excluding hydrogens is 390 g/mol. The predicted molar refractivity (Wildman–Crippen MR) is 123 cm³/mol. The first-order valence-corrected chi connectivity index (χ1v) is 10.1. The fourth-order valence-electron chi connectivity index (χ4n) is 3.26. The van der Waals surface area contributed by atoms with Crippen LogP contribution < -0.4 is 10.1 Å². The van der Waals surface area contributed by atoms with Gasteiger partial charge in [0.15, 0.2) is 0 Å². The standard InChI is InChI=1S/C24H25N5O2/c1-16(2)17-6-5-7-18(12-17)27-24-28-22-14-20(8-9-23(22)29(24)3)31-21-10-11-25-19(13-21)15-26-30-4/h5-16H,1-4H3,(H,27,28). The molecule has 0 atom stereocenters. The second-order valence-electron chi connectivity index (χ2n) is 7.49. The van der Waals surface area contributed by atoms with Crippen molar-refractivity contribution in [1.29, 1.82) is 0 Å². The Hall–Kier alpha value is -3.87. The molecule has 0 radical (unpaired) electrons. The first-order valence-electron chi connectivity index (χ1n) is 10.1. The van der Waals surface area contributed by atoms with Crippen LogP contribution in [0, 0.1) is 0 Å². The van der Waals surface area contributed by atoms with Crippen molar-refractivity contribution in [3.63, 3.8) is 0 Å². The van der Waals surface area contributed by atoms with Gasteiger partial charge in [-0.3, -0.25) is 4.98 Å². The van der Waals surface area contributed by atoms with Crippen molar-refractivity contribution in [3.8, 4) is 11.5 Å². The van der Waals surface area contributed by atoms with Gasteiger partial charge in [-0.1, -0.05) is 31.1 Å². The molecule has 0 saturated heterocycles. The monoisotopic (exact) mass is 415 g/mol. The molecule has 0 unspecified atom stereocenters. The second kappa shape index (κ2) is 8.87. The van der Waals surface area contributed by atoms with Crippen molar-refractivity contribution in [1.82, 2.24) is 14.5 Å². The van der Waals surface area contributed by atoms with Crippen LogP contribution in [0.3, 0.4) is 0 Å².